The standard InChI is InChI=1S/C35H26ClN3O/c1-23-11-15-25(16-12-23)33-30(19-37)35(40-34(33)26-17-13-24(2)14-18-26)38-20-28-22-39(32-10-6-4-8-29(28)32)21-27-7-3-5-9-31(27)36/h3-18,20,22H,21H2,1-2H3. The van der Waals surface area contributed by atoms with Gasteiger partial charge in [0.1, 0.15) is 17.4 Å². The van der Waals surface area contributed by atoms with Gasteiger partial charge in [-0.3, -0.25) is 0 Å². The smallest absolute Gasteiger partial charge is 0.238 e. The fourth-order valence-corrected chi connectivity index (χ4v) is 5.16. The van der Waals surface area contributed by atoms with Crippen LogP contribution in [-0.2, 0) is 6.54 Å². The molecule has 4 nitrogen and oxygen atoms in total. The summed E-state index contributed by atoms with van der Waals surface area (Å²) in [6.07, 6.45) is 3.84. The van der Waals surface area contributed by atoms with Crippen LogP contribution < -0.4 is 0 Å². The second-order valence-corrected chi connectivity index (χ2v) is 10.3. The lowest BCUT2D eigenvalue weighted by Crippen LogP contribution is -1.98. The maximum Gasteiger partial charge on any atom is 0.238 e. The zero-order valence-corrected chi connectivity index (χ0v) is 23.0. The Morgan fingerprint density at radius 1 is 0.850 bits per heavy atom. The molecule has 2 heterocycles. The number of benzene rings is 4. The first-order valence-corrected chi connectivity index (χ1v) is 13.5. The molecule has 0 aliphatic rings. The number of aliphatic imine (C=N–C) groups is 1. The van der Waals surface area contributed by atoms with Crippen LogP contribution in [0.2, 0.25) is 5.02 Å². The van der Waals surface area contributed by atoms with Gasteiger partial charge in [-0.1, -0.05) is 108 Å². The molecule has 0 unspecified atom stereocenters. The minimum Gasteiger partial charge on any atom is -0.436 e. The zero-order valence-electron chi connectivity index (χ0n) is 22.2. The van der Waals surface area contributed by atoms with Crippen molar-refractivity contribution in [2.24, 2.45) is 4.99 Å². The molecule has 0 saturated heterocycles. The maximum absolute atomic E-state index is 10.3. The fraction of sp³-hybridized carbons (Fsp3) is 0.0857. The lowest BCUT2D eigenvalue weighted by molar-refractivity contribution is 0.593. The average Bonchev–Trinajstić information content (AvgIpc) is 3.52. The summed E-state index contributed by atoms with van der Waals surface area (Å²) in [5.74, 6) is 0.922. The van der Waals surface area contributed by atoms with E-state index in [1.54, 1.807) is 6.21 Å². The highest BCUT2D eigenvalue weighted by atomic mass is 35.5. The van der Waals surface area contributed by atoms with Gasteiger partial charge in [-0.25, -0.2) is 4.99 Å². The van der Waals surface area contributed by atoms with E-state index in [0.29, 0.717) is 17.9 Å². The quantitative estimate of drug-likeness (QED) is 0.198. The van der Waals surface area contributed by atoms with Crippen LogP contribution in [0.4, 0.5) is 5.88 Å². The van der Waals surface area contributed by atoms with Crippen LogP contribution in [0.15, 0.2) is 113 Å². The Bertz CT molecular complexity index is 1900. The summed E-state index contributed by atoms with van der Waals surface area (Å²) in [6.45, 7) is 4.72. The molecule has 0 aliphatic heterocycles. The molecule has 0 bridgehead atoms. The van der Waals surface area contributed by atoms with Crippen molar-refractivity contribution in [2.45, 2.75) is 20.4 Å². The summed E-state index contributed by atoms with van der Waals surface area (Å²) in [7, 11) is 0. The summed E-state index contributed by atoms with van der Waals surface area (Å²) in [5.41, 5.74) is 8.32. The molecule has 0 aliphatic carbocycles. The van der Waals surface area contributed by atoms with Crippen molar-refractivity contribution in [3.8, 4) is 28.5 Å². The predicted molar refractivity (Wildman–Crippen MR) is 164 cm³/mol. The number of nitrogens with zero attached hydrogens (tertiary/aromatic N) is 3. The van der Waals surface area contributed by atoms with Gasteiger partial charge in [-0.2, -0.15) is 5.26 Å². The third kappa shape index (κ3) is 4.84. The third-order valence-electron chi connectivity index (χ3n) is 7.09. The third-order valence-corrected chi connectivity index (χ3v) is 7.46. The number of para-hydroxylation sites is 1. The molecular weight excluding hydrogens is 514 g/mol. The molecule has 0 fully saturated rings. The van der Waals surface area contributed by atoms with E-state index in [4.69, 9.17) is 21.0 Å². The first-order valence-electron chi connectivity index (χ1n) is 13.1. The highest BCUT2D eigenvalue weighted by molar-refractivity contribution is 6.31. The minimum absolute atomic E-state index is 0.289. The van der Waals surface area contributed by atoms with Crippen molar-refractivity contribution in [3.63, 3.8) is 0 Å². The molecule has 0 saturated carbocycles. The molecule has 0 amide bonds. The topological polar surface area (TPSA) is 54.2 Å². The SMILES string of the molecule is Cc1ccc(-c2oc(N=Cc3cn(Cc4ccccc4Cl)c4ccccc34)c(C#N)c2-c2ccc(C)cc2)cc1. The van der Waals surface area contributed by atoms with Gasteiger partial charge in [-0.05, 0) is 37.1 Å². The van der Waals surface area contributed by atoms with E-state index in [1.807, 2.05) is 98.8 Å². The molecule has 0 atom stereocenters. The van der Waals surface area contributed by atoms with Gasteiger partial charge in [0.25, 0.3) is 0 Å². The first kappa shape index (κ1) is 25.4. The van der Waals surface area contributed by atoms with E-state index in [9.17, 15) is 5.26 Å². The van der Waals surface area contributed by atoms with Crippen LogP contribution in [0.5, 0.6) is 0 Å². The number of aryl methyl sites for hydroxylation is 2. The van der Waals surface area contributed by atoms with Crippen molar-refractivity contribution in [1.29, 1.82) is 5.26 Å². The number of hydrogen-bond donors (Lipinski definition) is 0. The first-order chi connectivity index (χ1) is 19.5. The van der Waals surface area contributed by atoms with Gasteiger partial charge in [0, 0.05) is 51.6 Å². The monoisotopic (exact) mass is 539 g/mol. The van der Waals surface area contributed by atoms with E-state index >= 15 is 0 Å². The number of furan rings is 1. The maximum atomic E-state index is 10.3. The number of nitriles is 1. The van der Waals surface area contributed by atoms with Gasteiger partial charge >= 0.3 is 0 Å². The number of fused-ring (bicyclic) bond motifs is 1. The van der Waals surface area contributed by atoms with Crippen molar-refractivity contribution in [2.75, 3.05) is 0 Å². The van der Waals surface area contributed by atoms with E-state index in [-0.39, 0.29) is 5.88 Å². The molecule has 6 aromatic rings. The van der Waals surface area contributed by atoms with Crippen LogP contribution in [0, 0.1) is 25.2 Å². The second kappa shape index (κ2) is 10.7. The molecule has 40 heavy (non-hydrogen) atoms. The Morgan fingerprint density at radius 2 is 1.50 bits per heavy atom. The second-order valence-electron chi connectivity index (χ2n) is 9.91. The molecule has 4 aromatic carbocycles. The Labute approximate surface area is 238 Å². The van der Waals surface area contributed by atoms with Gasteiger partial charge in [0.2, 0.25) is 5.88 Å². The van der Waals surface area contributed by atoms with E-state index in [2.05, 4.69) is 29.0 Å². The van der Waals surface area contributed by atoms with Gasteiger partial charge in [-0.15, -0.1) is 0 Å². The van der Waals surface area contributed by atoms with Crippen molar-refractivity contribution < 1.29 is 4.42 Å². The van der Waals surface area contributed by atoms with Crippen molar-refractivity contribution >= 4 is 34.6 Å². The lowest BCUT2D eigenvalue weighted by atomic mass is 9.97. The molecule has 0 spiro atoms. The van der Waals surface area contributed by atoms with Crippen molar-refractivity contribution in [3.05, 3.63) is 136 Å². The number of halogens is 1. The molecule has 2 aromatic heterocycles. The minimum atomic E-state index is 0.289. The zero-order chi connectivity index (χ0) is 27.6. The summed E-state index contributed by atoms with van der Waals surface area (Å²) in [6, 6.07) is 34.7. The molecule has 5 heteroatoms. The largest absolute Gasteiger partial charge is 0.436 e. The lowest BCUT2D eigenvalue weighted by Gasteiger charge is -2.07. The van der Waals surface area contributed by atoms with Crippen LogP contribution in [0.1, 0.15) is 27.8 Å². The Balaban J connectivity index is 1.46. The normalized spacial score (nSPS) is 11.3. The average molecular weight is 540 g/mol. The van der Waals surface area contributed by atoms with E-state index in [0.717, 1.165) is 54.9 Å². The van der Waals surface area contributed by atoms with Crippen molar-refractivity contribution in [1.82, 2.24) is 4.57 Å². The number of rotatable bonds is 6. The number of aromatic nitrogens is 1. The van der Waals surface area contributed by atoms with Crippen LogP contribution in [-0.4, -0.2) is 10.8 Å². The number of hydrogen-bond acceptors (Lipinski definition) is 3. The Morgan fingerprint density at radius 3 is 2.20 bits per heavy atom. The molecule has 194 valence electrons. The predicted octanol–water partition coefficient (Wildman–Crippen LogP) is 9.51. The molecule has 0 radical (unpaired) electrons. The van der Waals surface area contributed by atoms with Gasteiger partial charge in [0.15, 0.2) is 0 Å². The fourth-order valence-electron chi connectivity index (χ4n) is 4.96. The summed E-state index contributed by atoms with van der Waals surface area (Å²) >= 11 is 6.46. The van der Waals surface area contributed by atoms with Gasteiger partial charge in [0.05, 0.1) is 0 Å². The molecule has 0 N–H and O–H groups in total. The van der Waals surface area contributed by atoms with Gasteiger partial charge < -0.3 is 8.98 Å². The Kier molecular flexibility index (Phi) is 6.82. The summed E-state index contributed by atoms with van der Waals surface area (Å²) in [4.78, 5) is 4.75. The summed E-state index contributed by atoms with van der Waals surface area (Å²) < 4.78 is 8.52. The van der Waals surface area contributed by atoms with Crippen LogP contribution in [0.3, 0.4) is 0 Å². The highest BCUT2D eigenvalue weighted by Crippen LogP contribution is 2.42. The summed E-state index contributed by atoms with van der Waals surface area (Å²) in [5, 5.41) is 12.1. The molecule has 6 rings (SSSR count). The molecular formula is C35H26ClN3O. The van der Waals surface area contributed by atoms with Crippen LogP contribution in [0.25, 0.3) is 33.4 Å². The van der Waals surface area contributed by atoms with E-state index in [1.165, 1.54) is 0 Å². The Hall–Kier alpha value is -4.85. The van der Waals surface area contributed by atoms with E-state index < -0.39 is 0 Å². The highest BCUT2D eigenvalue weighted by Gasteiger charge is 2.23. The van der Waals surface area contributed by atoms with Crippen LogP contribution >= 0.6 is 11.6 Å².